The Labute approximate surface area is 133 Å². The highest BCUT2D eigenvalue weighted by molar-refractivity contribution is 5.94. The summed E-state index contributed by atoms with van der Waals surface area (Å²) < 4.78 is 3.09. The first-order valence-electron chi connectivity index (χ1n) is 7.27. The number of aromatic nitrogens is 4. The Morgan fingerprint density at radius 1 is 1.39 bits per heavy atom. The van der Waals surface area contributed by atoms with Crippen LogP contribution in [-0.4, -0.2) is 30.4 Å². The Bertz CT molecular complexity index is 761. The van der Waals surface area contributed by atoms with Gasteiger partial charge in [0.05, 0.1) is 33.9 Å². The quantitative estimate of drug-likeness (QED) is 0.670. The molecule has 1 atom stereocenters. The number of nitrogens with one attached hydrogen (secondary N) is 1. The van der Waals surface area contributed by atoms with Gasteiger partial charge in [0.25, 0.3) is 5.91 Å². The van der Waals surface area contributed by atoms with Crippen molar-refractivity contribution >= 4 is 17.4 Å². The molecule has 0 saturated carbocycles. The van der Waals surface area contributed by atoms with Gasteiger partial charge < -0.3 is 15.4 Å². The van der Waals surface area contributed by atoms with Gasteiger partial charge in [-0.1, -0.05) is 6.92 Å². The van der Waals surface area contributed by atoms with Crippen LogP contribution in [0.4, 0.5) is 11.5 Å². The summed E-state index contributed by atoms with van der Waals surface area (Å²) in [5, 5.41) is 21.9. The van der Waals surface area contributed by atoms with Crippen molar-refractivity contribution in [2.75, 3.05) is 5.32 Å². The SMILES string of the molecule is CCC(C(=O)Nc1c(C)nn(C)c1C)n1nc([N+](=O)[O-])cc1C. The number of carbonyl (C=O) groups excluding carboxylic acids is 1. The molecule has 1 N–H and O–H groups in total. The van der Waals surface area contributed by atoms with E-state index in [9.17, 15) is 14.9 Å². The molecule has 2 aromatic rings. The summed E-state index contributed by atoms with van der Waals surface area (Å²) in [6.45, 7) is 7.20. The normalized spacial score (nSPS) is 12.2. The Kier molecular flexibility index (Phi) is 4.48. The van der Waals surface area contributed by atoms with Crippen LogP contribution in [0.3, 0.4) is 0 Å². The zero-order valence-corrected chi connectivity index (χ0v) is 13.8. The third-order valence-corrected chi connectivity index (χ3v) is 3.84. The molecule has 0 aliphatic heterocycles. The van der Waals surface area contributed by atoms with E-state index in [1.165, 1.54) is 10.7 Å². The highest BCUT2D eigenvalue weighted by Crippen LogP contribution is 2.23. The fraction of sp³-hybridized carbons (Fsp3) is 0.500. The Hall–Kier alpha value is -2.71. The molecule has 1 amide bonds. The number of aryl methyl sites for hydroxylation is 3. The molecular weight excluding hydrogens is 300 g/mol. The highest BCUT2D eigenvalue weighted by atomic mass is 16.6. The summed E-state index contributed by atoms with van der Waals surface area (Å²) in [6, 6.07) is 0.735. The van der Waals surface area contributed by atoms with Gasteiger partial charge in [-0.3, -0.25) is 9.48 Å². The Morgan fingerprint density at radius 2 is 2.04 bits per heavy atom. The number of nitrogens with zero attached hydrogens (tertiary/aromatic N) is 5. The van der Waals surface area contributed by atoms with Gasteiger partial charge in [-0.05, 0) is 32.1 Å². The monoisotopic (exact) mass is 320 g/mol. The summed E-state index contributed by atoms with van der Waals surface area (Å²) in [7, 11) is 1.80. The standard InChI is InChI=1S/C14H20N6O3/c1-6-11(19-8(2)7-12(17-19)20(22)23)14(21)15-13-9(3)16-18(5)10(13)4/h7,11H,6H2,1-5H3,(H,15,21). The molecular formula is C14H20N6O3. The van der Waals surface area contributed by atoms with E-state index in [0.29, 0.717) is 17.8 Å². The molecule has 0 radical (unpaired) electrons. The van der Waals surface area contributed by atoms with Crippen LogP contribution in [0.2, 0.25) is 0 Å². The van der Waals surface area contributed by atoms with Crippen molar-refractivity contribution in [2.24, 2.45) is 7.05 Å². The van der Waals surface area contributed by atoms with Crippen LogP contribution in [0.5, 0.6) is 0 Å². The van der Waals surface area contributed by atoms with Crippen molar-refractivity contribution in [3.8, 4) is 0 Å². The number of nitro groups is 1. The molecule has 124 valence electrons. The topological polar surface area (TPSA) is 108 Å². The lowest BCUT2D eigenvalue weighted by Gasteiger charge is -2.14. The van der Waals surface area contributed by atoms with E-state index in [2.05, 4.69) is 15.5 Å². The number of hydrogen-bond acceptors (Lipinski definition) is 5. The molecule has 0 spiro atoms. The summed E-state index contributed by atoms with van der Waals surface area (Å²) in [5.41, 5.74) is 2.79. The van der Waals surface area contributed by atoms with E-state index in [1.54, 1.807) is 18.7 Å². The van der Waals surface area contributed by atoms with E-state index >= 15 is 0 Å². The lowest BCUT2D eigenvalue weighted by atomic mass is 10.2. The van der Waals surface area contributed by atoms with Crippen molar-refractivity contribution in [1.82, 2.24) is 19.6 Å². The maximum absolute atomic E-state index is 12.6. The third kappa shape index (κ3) is 3.08. The highest BCUT2D eigenvalue weighted by Gasteiger charge is 2.28. The van der Waals surface area contributed by atoms with Crippen molar-refractivity contribution in [2.45, 2.75) is 40.2 Å². The maximum Gasteiger partial charge on any atom is 0.390 e. The first kappa shape index (κ1) is 16.7. The first-order chi connectivity index (χ1) is 10.8. The van der Waals surface area contributed by atoms with Gasteiger partial charge in [0.2, 0.25) is 0 Å². The number of amides is 1. The molecule has 0 aliphatic carbocycles. The fourth-order valence-corrected chi connectivity index (χ4v) is 2.51. The van der Waals surface area contributed by atoms with Crippen molar-refractivity contribution in [1.29, 1.82) is 0 Å². The second-order valence-corrected chi connectivity index (χ2v) is 5.43. The van der Waals surface area contributed by atoms with Gasteiger partial charge >= 0.3 is 5.82 Å². The molecule has 9 nitrogen and oxygen atoms in total. The number of carbonyl (C=O) groups is 1. The van der Waals surface area contributed by atoms with E-state index < -0.39 is 11.0 Å². The molecule has 0 aliphatic rings. The van der Waals surface area contributed by atoms with Crippen LogP contribution in [-0.2, 0) is 11.8 Å². The van der Waals surface area contributed by atoms with Gasteiger partial charge in [0, 0.05) is 7.05 Å². The zero-order chi connectivity index (χ0) is 17.3. The second kappa shape index (κ2) is 6.19. The molecule has 0 aromatic carbocycles. The fourth-order valence-electron chi connectivity index (χ4n) is 2.51. The van der Waals surface area contributed by atoms with Crippen LogP contribution in [0.1, 0.15) is 36.5 Å². The minimum absolute atomic E-state index is 0.262. The van der Waals surface area contributed by atoms with Crippen molar-refractivity contribution in [3.63, 3.8) is 0 Å². The predicted octanol–water partition coefficient (Wildman–Crippen LogP) is 2.04. The maximum atomic E-state index is 12.6. The van der Waals surface area contributed by atoms with Crippen LogP contribution >= 0.6 is 0 Å². The van der Waals surface area contributed by atoms with Crippen LogP contribution < -0.4 is 5.32 Å². The minimum atomic E-state index is -0.622. The van der Waals surface area contributed by atoms with Crippen LogP contribution in [0.25, 0.3) is 0 Å². The summed E-state index contributed by atoms with van der Waals surface area (Å²) in [5.74, 6) is -0.532. The molecule has 1 unspecified atom stereocenters. The number of anilines is 1. The lowest BCUT2D eigenvalue weighted by molar-refractivity contribution is -0.389. The van der Waals surface area contributed by atoms with Gasteiger partial charge in [-0.2, -0.15) is 9.78 Å². The number of rotatable bonds is 5. The molecule has 2 aromatic heterocycles. The van der Waals surface area contributed by atoms with Gasteiger partial charge in [-0.25, -0.2) is 0 Å². The van der Waals surface area contributed by atoms with E-state index in [1.807, 2.05) is 20.8 Å². The average Bonchev–Trinajstić information content (AvgIpc) is 2.96. The molecule has 0 bridgehead atoms. The largest absolute Gasteiger partial charge is 0.390 e. The predicted molar refractivity (Wildman–Crippen MR) is 84.3 cm³/mol. The van der Waals surface area contributed by atoms with Gasteiger partial charge in [0.1, 0.15) is 0 Å². The molecule has 0 fully saturated rings. The van der Waals surface area contributed by atoms with E-state index in [0.717, 1.165) is 11.4 Å². The summed E-state index contributed by atoms with van der Waals surface area (Å²) in [4.78, 5) is 22.9. The summed E-state index contributed by atoms with van der Waals surface area (Å²) >= 11 is 0. The third-order valence-electron chi connectivity index (χ3n) is 3.84. The van der Waals surface area contributed by atoms with Crippen molar-refractivity contribution < 1.29 is 9.72 Å². The zero-order valence-electron chi connectivity index (χ0n) is 13.8. The Balaban J connectivity index is 2.30. The van der Waals surface area contributed by atoms with Crippen molar-refractivity contribution in [3.05, 3.63) is 33.3 Å². The Morgan fingerprint density at radius 3 is 2.48 bits per heavy atom. The van der Waals surface area contributed by atoms with E-state index in [4.69, 9.17) is 0 Å². The lowest BCUT2D eigenvalue weighted by Crippen LogP contribution is -2.27. The van der Waals surface area contributed by atoms with Crippen LogP contribution in [0, 0.1) is 30.9 Å². The number of hydrogen-bond donors (Lipinski definition) is 1. The van der Waals surface area contributed by atoms with E-state index in [-0.39, 0.29) is 11.7 Å². The molecule has 9 heteroatoms. The second-order valence-electron chi connectivity index (χ2n) is 5.43. The van der Waals surface area contributed by atoms with Gasteiger partial charge in [0.15, 0.2) is 6.04 Å². The van der Waals surface area contributed by atoms with Crippen LogP contribution in [0.15, 0.2) is 6.07 Å². The minimum Gasteiger partial charge on any atom is -0.358 e. The summed E-state index contributed by atoms with van der Waals surface area (Å²) in [6.07, 6.45) is 0.462. The molecule has 23 heavy (non-hydrogen) atoms. The molecule has 0 saturated heterocycles. The smallest absolute Gasteiger partial charge is 0.358 e. The first-order valence-corrected chi connectivity index (χ1v) is 7.27. The molecule has 2 heterocycles. The average molecular weight is 320 g/mol. The molecule has 2 rings (SSSR count). The van der Waals surface area contributed by atoms with Gasteiger partial charge in [-0.15, -0.1) is 0 Å².